The maximum Gasteiger partial charge on any atom is 0.139 e. The lowest BCUT2D eigenvalue weighted by Gasteiger charge is -2.15. The molecule has 0 aliphatic heterocycles. The Bertz CT molecular complexity index is 1660. The molecule has 0 saturated heterocycles. The van der Waals surface area contributed by atoms with Crippen molar-refractivity contribution < 1.29 is 5.11 Å². The fourth-order valence-corrected chi connectivity index (χ4v) is 4.83. The number of hydrogen-bond donors (Lipinski definition) is 2. The molecule has 5 heteroatoms. The van der Waals surface area contributed by atoms with Crippen LogP contribution in [-0.4, -0.2) is 14.5 Å². The molecule has 0 unspecified atom stereocenters. The molecule has 0 atom stereocenters. The fourth-order valence-electron chi connectivity index (χ4n) is 4.57. The lowest BCUT2D eigenvalue weighted by Crippen LogP contribution is -2.05. The zero-order valence-corrected chi connectivity index (χ0v) is 20.4. The number of phenols is 1. The first-order valence-electron chi connectivity index (χ1n) is 11.5. The van der Waals surface area contributed by atoms with E-state index in [-0.39, 0.29) is 5.75 Å². The van der Waals surface area contributed by atoms with E-state index in [0.29, 0.717) is 6.54 Å². The van der Waals surface area contributed by atoms with Crippen molar-refractivity contribution in [3.8, 4) is 28.3 Å². The van der Waals surface area contributed by atoms with Crippen LogP contribution in [0.2, 0.25) is 0 Å². The largest absolute Gasteiger partial charge is 0.507 e. The lowest BCUT2D eigenvalue weighted by molar-refractivity contribution is 0.478. The number of phenolic OH excluding ortho intramolecular Hbond substituents is 1. The first-order chi connectivity index (χ1) is 17.2. The van der Waals surface area contributed by atoms with Gasteiger partial charge in [0.25, 0.3) is 0 Å². The summed E-state index contributed by atoms with van der Waals surface area (Å²) in [6.07, 6.45) is 0. The van der Waals surface area contributed by atoms with Gasteiger partial charge in [0.15, 0.2) is 0 Å². The van der Waals surface area contributed by atoms with Crippen LogP contribution in [0.3, 0.4) is 0 Å². The molecule has 0 amide bonds. The molecule has 35 heavy (non-hydrogen) atoms. The number of rotatable bonds is 5. The molecule has 0 radical (unpaired) electrons. The van der Waals surface area contributed by atoms with Crippen molar-refractivity contribution in [2.24, 2.45) is 0 Å². The van der Waals surface area contributed by atoms with Gasteiger partial charge in [-0.1, -0.05) is 94.8 Å². The number of fused-ring (bicyclic) bond motifs is 2. The van der Waals surface area contributed by atoms with E-state index in [1.807, 2.05) is 72.8 Å². The van der Waals surface area contributed by atoms with E-state index in [1.165, 1.54) is 0 Å². The summed E-state index contributed by atoms with van der Waals surface area (Å²) in [5.41, 5.74) is 5.54. The van der Waals surface area contributed by atoms with Crippen LogP contribution in [0.1, 0.15) is 5.56 Å². The number of aromatic nitrogens is 2. The zero-order valence-electron chi connectivity index (χ0n) is 18.8. The van der Waals surface area contributed by atoms with Crippen LogP contribution in [0.25, 0.3) is 38.9 Å². The van der Waals surface area contributed by atoms with Gasteiger partial charge in [0.1, 0.15) is 22.9 Å². The highest BCUT2D eigenvalue weighted by Crippen LogP contribution is 2.39. The highest BCUT2D eigenvalue weighted by atomic mass is 79.9. The van der Waals surface area contributed by atoms with Gasteiger partial charge in [-0.15, -0.1) is 0 Å². The predicted molar refractivity (Wildman–Crippen MR) is 147 cm³/mol. The van der Waals surface area contributed by atoms with Gasteiger partial charge in [-0.3, -0.25) is 4.40 Å². The Balaban J connectivity index is 1.60. The number of hydrogen-bond acceptors (Lipinski definition) is 3. The summed E-state index contributed by atoms with van der Waals surface area (Å²) in [5, 5.41) is 16.7. The third-order valence-corrected chi connectivity index (χ3v) is 6.76. The topological polar surface area (TPSA) is 49.6 Å². The van der Waals surface area contributed by atoms with Crippen LogP contribution in [0.4, 0.5) is 5.82 Å². The molecule has 170 valence electrons. The number of anilines is 1. The molecule has 0 fully saturated rings. The molecule has 2 heterocycles. The van der Waals surface area contributed by atoms with Crippen LogP contribution in [0.5, 0.6) is 5.75 Å². The minimum absolute atomic E-state index is 0.241. The SMILES string of the molecule is Oc1ccc2ccccc2c1-c1cccc2nc(-c3ccccc3)c(NCc3ccc(Br)cc3)n12. The summed E-state index contributed by atoms with van der Waals surface area (Å²) < 4.78 is 3.16. The number of halogens is 1. The Labute approximate surface area is 211 Å². The van der Waals surface area contributed by atoms with E-state index in [0.717, 1.165) is 54.8 Å². The van der Waals surface area contributed by atoms with Crippen molar-refractivity contribution in [2.75, 3.05) is 5.32 Å². The van der Waals surface area contributed by atoms with E-state index in [2.05, 4.69) is 56.0 Å². The molecule has 4 aromatic carbocycles. The van der Waals surface area contributed by atoms with Crippen LogP contribution < -0.4 is 5.32 Å². The van der Waals surface area contributed by atoms with Gasteiger partial charge in [-0.2, -0.15) is 0 Å². The standard InChI is InChI=1S/C30H22BrN3O/c31-23-16-13-20(14-17-23)19-32-30-29(22-8-2-1-3-9-22)33-27-12-6-11-25(34(27)30)28-24-10-5-4-7-21(24)15-18-26(28)35/h1-18,32,35H,19H2. The molecule has 6 rings (SSSR count). The minimum atomic E-state index is 0.241. The summed E-state index contributed by atoms with van der Waals surface area (Å²) in [4.78, 5) is 5.02. The molecule has 0 spiro atoms. The molecule has 2 aromatic heterocycles. The second-order valence-electron chi connectivity index (χ2n) is 8.44. The monoisotopic (exact) mass is 519 g/mol. The van der Waals surface area contributed by atoms with Crippen LogP contribution in [-0.2, 0) is 6.54 Å². The molecule has 0 bridgehead atoms. The lowest BCUT2D eigenvalue weighted by atomic mass is 10.0. The van der Waals surface area contributed by atoms with Crippen molar-refractivity contribution in [3.63, 3.8) is 0 Å². The molecule has 0 aliphatic carbocycles. The van der Waals surface area contributed by atoms with Crippen LogP contribution in [0, 0.1) is 0 Å². The molecule has 0 aliphatic rings. The summed E-state index contributed by atoms with van der Waals surface area (Å²) in [6, 6.07) is 36.4. The normalized spacial score (nSPS) is 11.2. The third-order valence-electron chi connectivity index (χ3n) is 6.23. The van der Waals surface area contributed by atoms with Gasteiger partial charge < -0.3 is 10.4 Å². The van der Waals surface area contributed by atoms with Crippen LogP contribution >= 0.6 is 15.9 Å². The van der Waals surface area contributed by atoms with E-state index in [9.17, 15) is 5.11 Å². The Morgan fingerprint density at radius 1 is 0.771 bits per heavy atom. The maximum atomic E-state index is 11.0. The Kier molecular flexibility index (Phi) is 5.47. The number of imidazole rings is 1. The van der Waals surface area contributed by atoms with Crippen molar-refractivity contribution in [1.29, 1.82) is 0 Å². The average molecular weight is 520 g/mol. The molecule has 2 N–H and O–H groups in total. The predicted octanol–water partition coefficient (Wildman–Crippen LogP) is 7.90. The first-order valence-corrected chi connectivity index (χ1v) is 12.2. The van der Waals surface area contributed by atoms with Gasteiger partial charge in [-0.05, 0) is 46.7 Å². The second-order valence-corrected chi connectivity index (χ2v) is 9.36. The van der Waals surface area contributed by atoms with E-state index < -0.39 is 0 Å². The summed E-state index contributed by atoms with van der Waals surface area (Å²) in [7, 11) is 0. The van der Waals surface area contributed by atoms with Crippen molar-refractivity contribution in [3.05, 3.63) is 119 Å². The van der Waals surface area contributed by atoms with Gasteiger partial charge in [-0.25, -0.2) is 4.98 Å². The Morgan fingerprint density at radius 2 is 1.54 bits per heavy atom. The number of pyridine rings is 1. The highest BCUT2D eigenvalue weighted by molar-refractivity contribution is 9.10. The van der Waals surface area contributed by atoms with Gasteiger partial charge in [0.05, 0.1) is 5.69 Å². The summed E-state index contributed by atoms with van der Waals surface area (Å²) in [5.74, 6) is 1.13. The average Bonchev–Trinajstić information content (AvgIpc) is 3.28. The van der Waals surface area contributed by atoms with E-state index in [4.69, 9.17) is 4.98 Å². The highest BCUT2D eigenvalue weighted by Gasteiger charge is 2.19. The molecule has 0 saturated carbocycles. The van der Waals surface area contributed by atoms with Gasteiger partial charge in [0, 0.05) is 22.1 Å². The number of benzene rings is 4. The van der Waals surface area contributed by atoms with Crippen molar-refractivity contribution >= 4 is 38.2 Å². The minimum Gasteiger partial charge on any atom is -0.507 e. The molecular weight excluding hydrogens is 498 g/mol. The second kappa shape index (κ2) is 8.93. The number of nitrogens with one attached hydrogen (secondary N) is 1. The van der Waals surface area contributed by atoms with Crippen molar-refractivity contribution in [1.82, 2.24) is 9.38 Å². The quantitative estimate of drug-likeness (QED) is 0.243. The van der Waals surface area contributed by atoms with Gasteiger partial charge >= 0.3 is 0 Å². The summed E-state index contributed by atoms with van der Waals surface area (Å²) in [6.45, 7) is 0.636. The molecule has 6 aromatic rings. The first kappa shape index (κ1) is 21.4. The van der Waals surface area contributed by atoms with Crippen molar-refractivity contribution in [2.45, 2.75) is 6.54 Å². The van der Waals surface area contributed by atoms with E-state index in [1.54, 1.807) is 6.07 Å². The van der Waals surface area contributed by atoms with E-state index >= 15 is 0 Å². The number of aromatic hydroxyl groups is 1. The third kappa shape index (κ3) is 3.94. The maximum absolute atomic E-state index is 11.0. The fraction of sp³-hybridized carbons (Fsp3) is 0.0333. The Hall–Kier alpha value is -4.09. The zero-order chi connectivity index (χ0) is 23.8. The molecule has 4 nitrogen and oxygen atoms in total. The smallest absolute Gasteiger partial charge is 0.139 e. The Morgan fingerprint density at radius 3 is 2.37 bits per heavy atom. The molecular formula is C30H22BrN3O. The number of nitrogens with zero attached hydrogens (tertiary/aromatic N) is 2. The van der Waals surface area contributed by atoms with Crippen LogP contribution in [0.15, 0.2) is 114 Å². The van der Waals surface area contributed by atoms with Gasteiger partial charge in [0.2, 0.25) is 0 Å². The summed E-state index contributed by atoms with van der Waals surface area (Å²) >= 11 is 3.51.